The fourth-order valence-electron chi connectivity index (χ4n) is 3.41. The normalized spacial score (nSPS) is 14.2. The second-order valence-corrected chi connectivity index (χ2v) is 10.5. The summed E-state index contributed by atoms with van der Waals surface area (Å²) in [5, 5.41) is 2.87. The number of alkyl halides is 2. The average molecular weight is 608 g/mol. The molecule has 13 nitrogen and oxygen atoms in total. The largest absolute Gasteiger partial charge is 0.494 e. The predicted molar refractivity (Wildman–Crippen MR) is 131 cm³/mol. The van der Waals surface area contributed by atoms with Gasteiger partial charge in [0.1, 0.15) is 10.4 Å². The van der Waals surface area contributed by atoms with Crippen LogP contribution in [0.2, 0.25) is 10.0 Å². The van der Waals surface area contributed by atoms with Crippen molar-refractivity contribution in [1.82, 2.24) is 24.5 Å². The monoisotopic (exact) mass is 607 g/mol. The van der Waals surface area contributed by atoms with Crippen molar-refractivity contribution < 1.29 is 36.2 Å². The van der Waals surface area contributed by atoms with Gasteiger partial charge in [0.2, 0.25) is 15.9 Å². The summed E-state index contributed by atoms with van der Waals surface area (Å²) in [6, 6.07) is 3.17. The van der Waals surface area contributed by atoms with Crippen molar-refractivity contribution in [3.63, 3.8) is 0 Å². The highest BCUT2D eigenvalue weighted by Gasteiger charge is 2.54. The van der Waals surface area contributed by atoms with Gasteiger partial charge in [-0.05, 0) is 25.0 Å². The van der Waals surface area contributed by atoms with E-state index in [0.29, 0.717) is 4.68 Å². The molecule has 1 fully saturated rings. The highest BCUT2D eigenvalue weighted by molar-refractivity contribution is 7.89. The molecule has 2 heterocycles. The van der Waals surface area contributed by atoms with Crippen LogP contribution in [0.4, 0.5) is 8.78 Å². The molecule has 0 unspecified atom stereocenters. The molecule has 0 bridgehead atoms. The molecule has 0 spiro atoms. The van der Waals surface area contributed by atoms with Crippen molar-refractivity contribution >= 4 is 39.2 Å². The Hall–Kier alpha value is -3.60. The second-order valence-electron chi connectivity index (χ2n) is 8.05. The van der Waals surface area contributed by atoms with Gasteiger partial charge in [-0.15, -0.1) is 0 Å². The molecule has 3 aromatic rings. The lowest BCUT2D eigenvalue weighted by molar-refractivity contribution is -0.143. The van der Waals surface area contributed by atoms with Crippen LogP contribution in [0.1, 0.15) is 25.0 Å². The Bertz CT molecular complexity index is 1670. The van der Waals surface area contributed by atoms with Gasteiger partial charge in [-0.1, -0.05) is 23.2 Å². The number of nitrogens with zero attached hydrogens (tertiary/aromatic N) is 3. The minimum absolute atomic E-state index is 0.165. The number of pyridine rings is 1. The summed E-state index contributed by atoms with van der Waals surface area (Å²) >= 11 is 12.5. The maximum atomic E-state index is 13.1. The number of esters is 1. The molecule has 4 rings (SSSR count). The summed E-state index contributed by atoms with van der Waals surface area (Å²) in [5.41, 5.74) is -5.28. The predicted octanol–water partition coefficient (Wildman–Crippen LogP) is 2.34. The molecule has 2 N–H and O–H groups in total. The lowest BCUT2D eigenvalue weighted by atomic mass is 10.3. The summed E-state index contributed by atoms with van der Waals surface area (Å²) in [5.74, 6) is -1.46. The molecule has 39 heavy (non-hydrogen) atoms. The maximum Gasteiger partial charge on any atom is 0.349 e. The van der Waals surface area contributed by atoms with Gasteiger partial charge < -0.3 is 14.2 Å². The number of methoxy groups -OCH3 is 2. The van der Waals surface area contributed by atoms with Crippen LogP contribution in [-0.2, 0) is 19.6 Å². The highest BCUT2D eigenvalue weighted by atomic mass is 35.5. The zero-order valence-corrected chi connectivity index (χ0v) is 22.2. The Labute approximate surface area is 227 Å². The van der Waals surface area contributed by atoms with Crippen molar-refractivity contribution in [2.75, 3.05) is 14.2 Å². The van der Waals surface area contributed by atoms with Crippen LogP contribution < -0.4 is 25.4 Å². The number of hydrogen-bond acceptors (Lipinski definition) is 10. The summed E-state index contributed by atoms with van der Waals surface area (Å²) in [4.78, 5) is 41.0. The molecule has 0 atom stereocenters. The fraction of sp³-hybridized carbons (Fsp3) is 0.286. The van der Waals surface area contributed by atoms with E-state index < -0.39 is 49.8 Å². The Morgan fingerprint density at radius 1 is 1.18 bits per heavy atom. The Morgan fingerprint density at radius 3 is 2.36 bits per heavy atom. The first-order valence-corrected chi connectivity index (χ1v) is 12.9. The molecule has 18 heteroatoms. The third kappa shape index (κ3) is 5.59. The lowest BCUT2D eigenvalue weighted by Crippen LogP contribution is -2.43. The van der Waals surface area contributed by atoms with Gasteiger partial charge in [0.15, 0.2) is 17.2 Å². The van der Waals surface area contributed by atoms with E-state index in [1.165, 1.54) is 7.11 Å². The van der Waals surface area contributed by atoms with E-state index in [-0.39, 0.29) is 46.0 Å². The van der Waals surface area contributed by atoms with Gasteiger partial charge in [-0.3, -0.25) is 14.6 Å². The molecule has 0 aliphatic heterocycles. The van der Waals surface area contributed by atoms with Crippen molar-refractivity contribution in [2.45, 2.75) is 29.7 Å². The van der Waals surface area contributed by atoms with E-state index in [2.05, 4.69) is 19.5 Å². The van der Waals surface area contributed by atoms with Crippen molar-refractivity contribution in [3.8, 4) is 23.1 Å². The Kier molecular flexibility index (Phi) is 7.66. The molecule has 1 aliphatic carbocycles. The quantitative estimate of drug-likeness (QED) is 0.344. The molecule has 1 saturated carbocycles. The smallest absolute Gasteiger partial charge is 0.349 e. The van der Waals surface area contributed by atoms with Crippen LogP contribution in [0, 0.1) is 0 Å². The van der Waals surface area contributed by atoms with Crippen LogP contribution in [0.5, 0.6) is 17.4 Å². The van der Waals surface area contributed by atoms with Gasteiger partial charge in [0, 0.05) is 6.07 Å². The first kappa shape index (κ1) is 28.4. The molecule has 1 aromatic carbocycles. The number of nitrogens with one attached hydrogen (secondary N) is 2. The third-order valence-electron chi connectivity index (χ3n) is 5.47. The van der Waals surface area contributed by atoms with E-state index >= 15 is 0 Å². The van der Waals surface area contributed by atoms with Crippen molar-refractivity contribution in [2.24, 2.45) is 0 Å². The standard InChI is InChI=1S/C21H17Cl2F2N5O8S/c1-36-12-8-26-14(7-13(12)39(34,35)29-21(3-4-21)19(32)37-2)38-16-10(22)5-9(6-11(16)23)30-20(33)27-18(31)15(28-30)17(24)25/h5-8,17,29H,3-4H2,1-2H3,(H,27,31,33). The molecule has 2 aromatic heterocycles. The molecule has 208 valence electrons. The van der Waals surface area contributed by atoms with E-state index in [1.54, 1.807) is 4.98 Å². The van der Waals surface area contributed by atoms with Crippen LogP contribution in [0.25, 0.3) is 5.69 Å². The van der Waals surface area contributed by atoms with E-state index in [1.807, 2.05) is 0 Å². The van der Waals surface area contributed by atoms with Crippen LogP contribution in [0.3, 0.4) is 0 Å². The summed E-state index contributed by atoms with van der Waals surface area (Å²) in [6.07, 6.45) is -1.75. The molecule has 0 saturated heterocycles. The number of benzene rings is 1. The number of sulfonamides is 1. The van der Waals surface area contributed by atoms with Gasteiger partial charge in [0.05, 0.1) is 36.1 Å². The van der Waals surface area contributed by atoms with E-state index in [9.17, 15) is 31.6 Å². The summed E-state index contributed by atoms with van der Waals surface area (Å²) in [6.45, 7) is 0. The maximum absolute atomic E-state index is 13.1. The van der Waals surface area contributed by atoms with Gasteiger partial charge in [-0.2, -0.15) is 14.5 Å². The zero-order valence-electron chi connectivity index (χ0n) is 19.8. The van der Waals surface area contributed by atoms with Crippen LogP contribution in [0.15, 0.2) is 38.9 Å². The number of aromatic amines is 1. The molecular weight excluding hydrogens is 591 g/mol. The Balaban J connectivity index is 1.69. The highest BCUT2D eigenvalue weighted by Crippen LogP contribution is 2.41. The number of H-pyrrole nitrogens is 1. The fourth-order valence-corrected chi connectivity index (χ4v) is 5.53. The average Bonchev–Trinajstić information content (AvgIpc) is 3.65. The van der Waals surface area contributed by atoms with Crippen LogP contribution in [-0.4, -0.2) is 53.9 Å². The molecule has 0 radical (unpaired) electrons. The lowest BCUT2D eigenvalue weighted by Gasteiger charge is -2.17. The van der Waals surface area contributed by atoms with E-state index in [0.717, 1.165) is 31.5 Å². The SMILES string of the molecule is COC(=O)C1(NS(=O)(=O)c2cc(Oc3c(Cl)cc(-n4nc(C(F)F)c(=O)[nH]c4=O)cc3Cl)ncc2OC)CC1. The Morgan fingerprint density at radius 2 is 1.82 bits per heavy atom. The first-order chi connectivity index (χ1) is 18.3. The number of hydrogen-bond donors (Lipinski definition) is 2. The van der Waals surface area contributed by atoms with Gasteiger partial charge in [0.25, 0.3) is 12.0 Å². The first-order valence-electron chi connectivity index (χ1n) is 10.7. The number of halogens is 4. The number of carbonyl (C=O) groups is 1. The third-order valence-corrected chi connectivity index (χ3v) is 7.58. The van der Waals surface area contributed by atoms with Crippen molar-refractivity contribution in [1.29, 1.82) is 0 Å². The number of carbonyl (C=O) groups excluding carboxylic acids is 1. The zero-order chi connectivity index (χ0) is 28.7. The number of aromatic nitrogens is 4. The summed E-state index contributed by atoms with van der Waals surface area (Å²) < 4.78 is 70.5. The minimum Gasteiger partial charge on any atom is -0.494 e. The molecule has 0 amide bonds. The number of rotatable bonds is 9. The summed E-state index contributed by atoms with van der Waals surface area (Å²) in [7, 11) is -2.00. The molecular formula is C21H17Cl2F2N5O8S. The topological polar surface area (TPSA) is 172 Å². The van der Waals surface area contributed by atoms with Crippen LogP contribution >= 0.6 is 23.2 Å². The molecule has 1 aliphatic rings. The van der Waals surface area contributed by atoms with Gasteiger partial charge in [-0.25, -0.2) is 27.0 Å². The van der Waals surface area contributed by atoms with Gasteiger partial charge >= 0.3 is 11.7 Å². The van der Waals surface area contributed by atoms with Crippen molar-refractivity contribution in [3.05, 3.63) is 61.0 Å². The number of ether oxygens (including phenoxy) is 3. The second kappa shape index (κ2) is 10.5. The van der Waals surface area contributed by atoms with E-state index in [4.69, 9.17) is 32.7 Å². The minimum atomic E-state index is -4.35.